The number of hydrogen-bond acceptors (Lipinski definition) is 5. The molecule has 2 aromatic heterocycles. The van der Waals surface area contributed by atoms with E-state index in [9.17, 15) is 4.79 Å². The minimum Gasteiger partial charge on any atom is -0.323 e. The van der Waals surface area contributed by atoms with Crippen LogP contribution in [0.2, 0.25) is 10.0 Å². The topological polar surface area (TPSA) is 59.8 Å². The van der Waals surface area contributed by atoms with E-state index in [4.69, 9.17) is 23.2 Å². The van der Waals surface area contributed by atoms with Crippen molar-refractivity contribution in [2.24, 2.45) is 7.05 Å². The molecule has 1 amide bonds. The van der Waals surface area contributed by atoms with Crippen molar-refractivity contribution in [1.82, 2.24) is 14.8 Å². The predicted octanol–water partition coefficient (Wildman–Crippen LogP) is 5.45. The van der Waals surface area contributed by atoms with Crippen LogP contribution in [0.4, 0.5) is 5.69 Å². The quantitative estimate of drug-likeness (QED) is 0.517. The zero-order valence-corrected chi connectivity index (χ0v) is 18.2. The molecule has 0 radical (unpaired) electrons. The van der Waals surface area contributed by atoms with Crippen LogP contribution in [0.15, 0.2) is 28.7 Å². The average Bonchev–Trinajstić information content (AvgIpc) is 3.18. The lowest BCUT2D eigenvalue weighted by Gasteiger charge is -2.09. The summed E-state index contributed by atoms with van der Waals surface area (Å²) in [5.41, 5.74) is 2.82. The summed E-state index contributed by atoms with van der Waals surface area (Å²) < 4.78 is 1.92. The van der Waals surface area contributed by atoms with Gasteiger partial charge in [-0.25, -0.2) is 0 Å². The van der Waals surface area contributed by atoms with Gasteiger partial charge in [0.2, 0.25) is 5.91 Å². The number of halogens is 2. The van der Waals surface area contributed by atoms with E-state index in [-0.39, 0.29) is 11.7 Å². The summed E-state index contributed by atoms with van der Waals surface area (Å²) in [6, 6.07) is 5.09. The number of para-hydroxylation sites is 1. The number of rotatable bonds is 6. The summed E-state index contributed by atoms with van der Waals surface area (Å²) in [4.78, 5) is 13.6. The Kier molecular flexibility index (Phi) is 6.47. The van der Waals surface area contributed by atoms with E-state index in [1.807, 2.05) is 11.6 Å². The second kappa shape index (κ2) is 8.65. The SMILES string of the molecule is CCc1c(-c2nnc(SCC(=O)Nc3c(Cl)cccc3Cl)n2C)csc1C. The Hall–Kier alpha value is -1.54. The van der Waals surface area contributed by atoms with Gasteiger partial charge in [0, 0.05) is 22.9 Å². The molecular weight excluding hydrogens is 423 g/mol. The maximum Gasteiger partial charge on any atom is 0.234 e. The highest BCUT2D eigenvalue weighted by molar-refractivity contribution is 7.99. The molecule has 27 heavy (non-hydrogen) atoms. The number of thiophene rings is 1. The van der Waals surface area contributed by atoms with E-state index < -0.39 is 0 Å². The highest BCUT2D eigenvalue weighted by Crippen LogP contribution is 2.32. The molecule has 1 N–H and O–H groups in total. The van der Waals surface area contributed by atoms with Gasteiger partial charge < -0.3 is 9.88 Å². The van der Waals surface area contributed by atoms with Gasteiger partial charge in [0.1, 0.15) is 0 Å². The largest absolute Gasteiger partial charge is 0.323 e. The van der Waals surface area contributed by atoms with Crippen molar-refractivity contribution >= 4 is 57.9 Å². The number of benzene rings is 1. The minimum absolute atomic E-state index is 0.177. The number of nitrogens with one attached hydrogen (secondary N) is 1. The molecule has 0 atom stereocenters. The van der Waals surface area contributed by atoms with Crippen LogP contribution in [0.25, 0.3) is 11.4 Å². The van der Waals surface area contributed by atoms with Gasteiger partial charge in [-0.1, -0.05) is 48.0 Å². The van der Waals surface area contributed by atoms with Gasteiger partial charge in [-0.2, -0.15) is 0 Å². The van der Waals surface area contributed by atoms with Crippen molar-refractivity contribution in [3.63, 3.8) is 0 Å². The highest BCUT2D eigenvalue weighted by atomic mass is 35.5. The van der Waals surface area contributed by atoms with Crippen LogP contribution in [0, 0.1) is 6.92 Å². The van der Waals surface area contributed by atoms with Crippen molar-refractivity contribution in [3.05, 3.63) is 44.1 Å². The Morgan fingerprint density at radius 1 is 1.30 bits per heavy atom. The van der Waals surface area contributed by atoms with E-state index in [2.05, 4.69) is 34.7 Å². The number of aromatic nitrogens is 3. The fraction of sp³-hybridized carbons (Fsp3) is 0.278. The van der Waals surface area contributed by atoms with E-state index in [1.54, 1.807) is 29.5 Å². The summed E-state index contributed by atoms with van der Waals surface area (Å²) in [5, 5.41) is 14.9. The Balaban J connectivity index is 1.70. The Morgan fingerprint density at radius 2 is 2.00 bits per heavy atom. The number of aryl methyl sites for hydroxylation is 1. The van der Waals surface area contributed by atoms with Crippen LogP contribution < -0.4 is 5.32 Å². The first-order valence-corrected chi connectivity index (χ1v) is 10.9. The molecule has 5 nitrogen and oxygen atoms in total. The zero-order chi connectivity index (χ0) is 19.6. The second-order valence-electron chi connectivity index (χ2n) is 5.84. The van der Waals surface area contributed by atoms with Crippen molar-refractivity contribution < 1.29 is 4.79 Å². The Bertz CT molecular complexity index is 964. The van der Waals surface area contributed by atoms with Gasteiger partial charge >= 0.3 is 0 Å². The summed E-state index contributed by atoms with van der Waals surface area (Å²) in [5.74, 6) is 0.782. The smallest absolute Gasteiger partial charge is 0.234 e. The lowest BCUT2D eigenvalue weighted by Crippen LogP contribution is -2.15. The second-order valence-corrected chi connectivity index (χ2v) is 8.68. The van der Waals surface area contributed by atoms with Crippen LogP contribution >= 0.6 is 46.3 Å². The van der Waals surface area contributed by atoms with Crippen molar-refractivity contribution in [2.45, 2.75) is 25.4 Å². The monoisotopic (exact) mass is 440 g/mol. The van der Waals surface area contributed by atoms with E-state index in [1.165, 1.54) is 22.2 Å². The molecule has 0 saturated heterocycles. The van der Waals surface area contributed by atoms with Crippen LogP contribution in [0.1, 0.15) is 17.4 Å². The lowest BCUT2D eigenvalue weighted by molar-refractivity contribution is -0.113. The number of anilines is 1. The molecule has 0 aliphatic rings. The molecule has 3 aromatic rings. The van der Waals surface area contributed by atoms with Crippen molar-refractivity contribution in [3.8, 4) is 11.4 Å². The molecule has 9 heteroatoms. The van der Waals surface area contributed by atoms with Crippen LogP contribution in [0.5, 0.6) is 0 Å². The van der Waals surface area contributed by atoms with Crippen molar-refractivity contribution in [1.29, 1.82) is 0 Å². The predicted molar refractivity (Wildman–Crippen MR) is 114 cm³/mol. The Labute approximate surface area is 176 Å². The number of thioether (sulfide) groups is 1. The Morgan fingerprint density at radius 3 is 2.67 bits per heavy atom. The van der Waals surface area contributed by atoms with Gasteiger partial charge in [0.15, 0.2) is 11.0 Å². The van der Waals surface area contributed by atoms with Gasteiger partial charge in [-0.05, 0) is 31.0 Å². The molecule has 2 heterocycles. The third-order valence-corrected chi connectivity index (χ3v) is 6.70. The first kappa shape index (κ1) is 20.2. The van der Waals surface area contributed by atoms with Gasteiger partial charge in [0.25, 0.3) is 0 Å². The fourth-order valence-corrected chi connectivity index (χ4v) is 4.85. The van der Waals surface area contributed by atoms with Crippen LogP contribution in [0.3, 0.4) is 0 Å². The molecule has 0 spiro atoms. The molecule has 142 valence electrons. The van der Waals surface area contributed by atoms with Crippen LogP contribution in [-0.2, 0) is 18.3 Å². The van der Waals surface area contributed by atoms with Gasteiger partial charge in [0.05, 0.1) is 21.5 Å². The summed E-state index contributed by atoms with van der Waals surface area (Å²) >= 11 is 15.2. The first-order valence-electron chi connectivity index (χ1n) is 8.25. The number of hydrogen-bond donors (Lipinski definition) is 1. The zero-order valence-electron chi connectivity index (χ0n) is 15.0. The summed E-state index contributed by atoms with van der Waals surface area (Å²) in [6.07, 6.45) is 0.945. The maximum atomic E-state index is 12.3. The molecule has 0 unspecified atom stereocenters. The van der Waals surface area contributed by atoms with Gasteiger partial charge in [-0.15, -0.1) is 21.5 Å². The summed E-state index contributed by atoms with van der Waals surface area (Å²) in [7, 11) is 1.91. The standard InChI is InChI=1S/C18H18Cl2N4OS2/c1-4-11-10(2)26-8-12(11)17-22-23-18(24(17)3)27-9-15(25)21-16-13(19)6-5-7-14(16)20/h5-8H,4,9H2,1-3H3,(H,21,25). The van der Waals surface area contributed by atoms with E-state index in [0.29, 0.717) is 20.9 Å². The molecule has 0 bridgehead atoms. The van der Waals surface area contributed by atoms with E-state index in [0.717, 1.165) is 17.8 Å². The third-order valence-electron chi connectivity index (χ3n) is 4.09. The fourth-order valence-electron chi connectivity index (χ4n) is 2.70. The number of amides is 1. The highest BCUT2D eigenvalue weighted by Gasteiger charge is 2.18. The molecular formula is C18H18Cl2N4OS2. The third kappa shape index (κ3) is 4.32. The summed E-state index contributed by atoms with van der Waals surface area (Å²) in [6.45, 7) is 4.25. The molecule has 1 aromatic carbocycles. The lowest BCUT2D eigenvalue weighted by atomic mass is 10.1. The van der Waals surface area contributed by atoms with Crippen LogP contribution in [-0.4, -0.2) is 26.4 Å². The number of carbonyl (C=O) groups is 1. The molecule has 0 fully saturated rings. The molecule has 0 saturated carbocycles. The van der Waals surface area contributed by atoms with E-state index >= 15 is 0 Å². The number of carbonyl (C=O) groups excluding carboxylic acids is 1. The molecule has 0 aliphatic heterocycles. The maximum absolute atomic E-state index is 12.3. The normalized spacial score (nSPS) is 11.0. The first-order chi connectivity index (χ1) is 12.9. The van der Waals surface area contributed by atoms with Gasteiger partial charge in [-0.3, -0.25) is 4.79 Å². The number of nitrogens with zero attached hydrogens (tertiary/aromatic N) is 3. The minimum atomic E-state index is -0.208. The average molecular weight is 441 g/mol. The van der Waals surface area contributed by atoms with Crippen molar-refractivity contribution in [2.75, 3.05) is 11.1 Å². The molecule has 3 rings (SSSR count). The molecule has 0 aliphatic carbocycles.